The van der Waals surface area contributed by atoms with Gasteiger partial charge in [-0.25, -0.2) is 4.79 Å². The molecule has 1 heterocycles. The highest BCUT2D eigenvalue weighted by Gasteiger charge is 2.16. The number of rotatable bonds is 4. The Balaban J connectivity index is 1.96. The van der Waals surface area contributed by atoms with Crippen molar-refractivity contribution in [2.24, 2.45) is 0 Å². The summed E-state index contributed by atoms with van der Waals surface area (Å²) < 4.78 is 6.77. The Kier molecular flexibility index (Phi) is 4.63. The van der Waals surface area contributed by atoms with E-state index in [9.17, 15) is 14.9 Å². The van der Waals surface area contributed by atoms with E-state index in [0.717, 1.165) is 5.56 Å². The van der Waals surface area contributed by atoms with Crippen molar-refractivity contribution >= 4 is 17.5 Å². The zero-order valence-electron chi connectivity index (χ0n) is 13.1. The number of benzene rings is 1. The predicted molar refractivity (Wildman–Crippen MR) is 84.3 cm³/mol. The zero-order valence-corrected chi connectivity index (χ0v) is 13.1. The number of hydrogen-bond donors (Lipinski definition) is 1. The van der Waals surface area contributed by atoms with Gasteiger partial charge in [-0.2, -0.15) is 5.10 Å². The van der Waals surface area contributed by atoms with Gasteiger partial charge in [0.15, 0.2) is 0 Å². The first-order valence-electron chi connectivity index (χ1n) is 6.99. The normalized spacial score (nSPS) is 11.1. The summed E-state index contributed by atoms with van der Waals surface area (Å²) in [6.07, 6.45) is 2.62. The van der Waals surface area contributed by atoms with Crippen molar-refractivity contribution in [2.45, 2.75) is 32.9 Å². The maximum Gasteiger partial charge on any atom is 0.412 e. The van der Waals surface area contributed by atoms with Crippen molar-refractivity contribution in [3.05, 3.63) is 52.3 Å². The Hall–Kier alpha value is -2.90. The number of nitro groups is 1. The van der Waals surface area contributed by atoms with Gasteiger partial charge in [0.2, 0.25) is 0 Å². The number of carbonyl (C=O) groups is 1. The molecule has 0 bridgehead atoms. The van der Waals surface area contributed by atoms with E-state index < -0.39 is 16.6 Å². The maximum absolute atomic E-state index is 11.7. The second kappa shape index (κ2) is 6.47. The molecule has 0 fully saturated rings. The quantitative estimate of drug-likeness (QED) is 0.689. The Morgan fingerprint density at radius 1 is 1.35 bits per heavy atom. The number of hydrogen-bond acceptors (Lipinski definition) is 5. The summed E-state index contributed by atoms with van der Waals surface area (Å²) in [5.74, 6) is 0. The number of nitrogens with one attached hydrogen (secondary N) is 1. The van der Waals surface area contributed by atoms with Crippen molar-refractivity contribution in [2.75, 3.05) is 5.32 Å². The van der Waals surface area contributed by atoms with Gasteiger partial charge in [0, 0.05) is 18.3 Å². The largest absolute Gasteiger partial charge is 0.444 e. The highest BCUT2D eigenvalue weighted by atomic mass is 16.6. The monoisotopic (exact) mass is 318 g/mol. The molecule has 0 saturated heterocycles. The molecule has 1 amide bonds. The van der Waals surface area contributed by atoms with Crippen LogP contribution in [0.3, 0.4) is 0 Å². The second-order valence-corrected chi connectivity index (χ2v) is 5.98. The molecule has 8 heteroatoms. The van der Waals surface area contributed by atoms with Crippen molar-refractivity contribution in [1.82, 2.24) is 9.78 Å². The highest BCUT2D eigenvalue weighted by Crippen LogP contribution is 2.14. The van der Waals surface area contributed by atoms with Crippen LogP contribution in [0.4, 0.5) is 16.2 Å². The Morgan fingerprint density at radius 2 is 2.00 bits per heavy atom. The summed E-state index contributed by atoms with van der Waals surface area (Å²) in [4.78, 5) is 21.8. The lowest BCUT2D eigenvalue weighted by Gasteiger charge is -2.19. The zero-order chi connectivity index (χ0) is 17.0. The third-order valence-corrected chi connectivity index (χ3v) is 2.77. The van der Waals surface area contributed by atoms with Gasteiger partial charge in [0.05, 0.1) is 23.4 Å². The molecule has 0 radical (unpaired) electrons. The molecule has 2 rings (SSSR count). The number of aromatic nitrogens is 2. The van der Waals surface area contributed by atoms with E-state index in [1.54, 1.807) is 43.8 Å². The van der Waals surface area contributed by atoms with E-state index >= 15 is 0 Å². The molecule has 0 spiro atoms. The molecule has 2 aromatic rings. The number of amides is 1. The summed E-state index contributed by atoms with van der Waals surface area (Å²) in [7, 11) is 0. The number of carbonyl (C=O) groups excluding carboxylic acids is 1. The van der Waals surface area contributed by atoms with Gasteiger partial charge in [0.25, 0.3) is 5.69 Å². The second-order valence-electron chi connectivity index (χ2n) is 5.98. The minimum absolute atomic E-state index is 0.0431. The highest BCUT2D eigenvalue weighted by molar-refractivity contribution is 5.84. The van der Waals surface area contributed by atoms with Crippen LogP contribution in [0.25, 0.3) is 0 Å². The molecule has 0 aliphatic rings. The number of anilines is 1. The molecule has 0 saturated carbocycles. The summed E-state index contributed by atoms with van der Waals surface area (Å²) in [5.41, 5.74) is 0.851. The van der Waals surface area contributed by atoms with Crippen molar-refractivity contribution < 1.29 is 14.5 Å². The van der Waals surface area contributed by atoms with Crippen LogP contribution in [-0.2, 0) is 11.3 Å². The Bertz CT molecular complexity index is 701. The summed E-state index contributed by atoms with van der Waals surface area (Å²) in [6.45, 7) is 5.79. The van der Waals surface area contributed by atoms with Crippen LogP contribution in [0.15, 0.2) is 36.7 Å². The van der Waals surface area contributed by atoms with Crippen LogP contribution in [0.2, 0.25) is 0 Å². The van der Waals surface area contributed by atoms with Crippen molar-refractivity contribution in [1.29, 1.82) is 0 Å². The topological polar surface area (TPSA) is 99.3 Å². The average molecular weight is 318 g/mol. The third-order valence-electron chi connectivity index (χ3n) is 2.77. The summed E-state index contributed by atoms with van der Waals surface area (Å²) >= 11 is 0. The lowest BCUT2D eigenvalue weighted by Crippen LogP contribution is -2.27. The lowest BCUT2D eigenvalue weighted by atomic mass is 10.2. The first-order valence-corrected chi connectivity index (χ1v) is 6.99. The van der Waals surface area contributed by atoms with Crippen molar-refractivity contribution in [3.8, 4) is 0 Å². The molecule has 122 valence electrons. The number of ether oxygens (including phenoxy) is 1. The van der Waals surface area contributed by atoms with Gasteiger partial charge in [-0.15, -0.1) is 0 Å². The summed E-state index contributed by atoms with van der Waals surface area (Å²) in [6, 6.07) is 6.22. The Morgan fingerprint density at radius 3 is 2.57 bits per heavy atom. The van der Waals surface area contributed by atoms with E-state index in [4.69, 9.17) is 4.74 Å². The van der Waals surface area contributed by atoms with Crippen LogP contribution < -0.4 is 5.32 Å². The predicted octanol–water partition coefficient (Wildman–Crippen LogP) is 3.19. The molecule has 0 aliphatic carbocycles. The SMILES string of the molecule is CC(C)(C)OC(=O)Nc1cnn(Cc2ccc([N+](=O)[O-])cc2)c1. The van der Waals surface area contributed by atoms with Gasteiger partial charge in [-0.1, -0.05) is 12.1 Å². The standard InChI is InChI=1S/C15H18N4O4/c1-15(2,3)23-14(20)17-12-8-16-18(10-12)9-11-4-6-13(7-5-11)19(21)22/h4-8,10H,9H2,1-3H3,(H,17,20). The van der Waals surface area contributed by atoms with Crippen LogP contribution in [0, 0.1) is 10.1 Å². The van der Waals surface area contributed by atoms with Crippen LogP contribution >= 0.6 is 0 Å². The molecule has 0 atom stereocenters. The van der Waals surface area contributed by atoms with Gasteiger partial charge in [-0.3, -0.25) is 20.1 Å². The van der Waals surface area contributed by atoms with Crippen LogP contribution in [-0.4, -0.2) is 26.4 Å². The van der Waals surface area contributed by atoms with Gasteiger partial charge < -0.3 is 4.74 Å². The molecule has 0 unspecified atom stereocenters. The van der Waals surface area contributed by atoms with E-state index in [2.05, 4.69) is 10.4 Å². The molecule has 1 N–H and O–H groups in total. The fourth-order valence-corrected chi connectivity index (χ4v) is 1.85. The minimum Gasteiger partial charge on any atom is -0.444 e. The number of nitrogens with zero attached hydrogens (tertiary/aromatic N) is 3. The van der Waals surface area contributed by atoms with E-state index in [1.807, 2.05) is 0 Å². The smallest absolute Gasteiger partial charge is 0.412 e. The molecular weight excluding hydrogens is 300 g/mol. The van der Waals surface area contributed by atoms with Gasteiger partial charge >= 0.3 is 6.09 Å². The number of nitro benzene ring substituents is 1. The number of non-ortho nitro benzene ring substituents is 1. The molecule has 23 heavy (non-hydrogen) atoms. The molecule has 1 aromatic heterocycles. The Labute approximate surface area is 133 Å². The van der Waals surface area contributed by atoms with E-state index in [-0.39, 0.29) is 5.69 Å². The van der Waals surface area contributed by atoms with Crippen LogP contribution in [0.1, 0.15) is 26.3 Å². The first-order chi connectivity index (χ1) is 10.7. The molecule has 8 nitrogen and oxygen atoms in total. The fourth-order valence-electron chi connectivity index (χ4n) is 1.85. The fraction of sp³-hybridized carbons (Fsp3) is 0.333. The average Bonchev–Trinajstić information content (AvgIpc) is 2.84. The molecule has 0 aliphatic heterocycles. The first kappa shape index (κ1) is 16.5. The van der Waals surface area contributed by atoms with Crippen LogP contribution in [0.5, 0.6) is 0 Å². The maximum atomic E-state index is 11.7. The molecular formula is C15H18N4O4. The van der Waals surface area contributed by atoms with Crippen molar-refractivity contribution in [3.63, 3.8) is 0 Å². The summed E-state index contributed by atoms with van der Waals surface area (Å²) in [5, 5.41) is 17.3. The molecule has 1 aromatic carbocycles. The van der Waals surface area contributed by atoms with Gasteiger partial charge in [0.1, 0.15) is 5.60 Å². The minimum atomic E-state index is -0.571. The lowest BCUT2D eigenvalue weighted by molar-refractivity contribution is -0.384. The van der Waals surface area contributed by atoms with E-state index in [1.165, 1.54) is 18.3 Å². The third kappa shape index (κ3) is 5.10. The van der Waals surface area contributed by atoms with Gasteiger partial charge in [-0.05, 0) is 26.3 Å². The van der Waals surface area contributed by atoms with E-state index in [0.29, 0.717) is 12.2 Å².